The van der Waals surface area contributed by atoms with Crippen LogP contribution in [0.1, 0.15) is 76.8 Å². The molecule has 162 valence electrons. The maximum Gasteiger partial charge on any atom is 0.268 e. The molecule has 1 atom stereocenters. The Morgan fingerprint density at radius 2 is 1.90 bits per heavy atom. The van der Waals surface area contributed by atoms with Gasteiger partial charge in [-0.2, -0.15) is 0 Å². The van der Waals surface area contributed by atoms with Gasteiger partial charge in [-0.25, -0.2) is 0 Å². The third-order valence-corrected chi connectivity index (χ3v) is 6.01. The Morgan fingerprint density at radius 3 is 2.53 bits per heavy atom. The number of Topliss-reactive ketones (excluding diaryl/α,β-unsaturated/α-hetero) is 1. The van der Waals surface area contributed by atoms with Gasteiger partial charge in [0, 0.05) is 23.4 Å². The molecule has 0 aliphatic carbocycles. The summed E-state index contributed by atoms with van der Waals surface area (Å²) in [6, 6.07) is 8.07. The van der Waals surface area contributed by atoms with E-state index >= 15 is 0 Å². The minimum Gasteiger partial charge on any atom is -0.496 e. The Morgan fingerprint density at radius 1 is 1.20 bits per heavy atom. The van der Waals surface area contributed by atoms with Crippen LogP contribution in [0.4, 0.5) is 0 Å². The largest absolute Gasteiger partial charge is 0.496 e. The Hall–Kier alpha value is -2.60. The van der Waals surface area contributed by atoms with E-state index in [-0.39, 0.29) is 17.7 Å². The van der Waals surface area contributed by atoms with Gasteiger partial charge in [-0.05, 0) is 57.8 Å². The fraction of sp³-hybridized carbons (Fsp3) is 0.500. The van der Waals surface area contributed by atoms with Gasteiger partial charge < -0.3 is 15.0 Å². The molecule has 2 heterocycles. The van der Waals surface area contributed by atoms with Gasteiger partial charge in [0.05, 0.1) is 13.2 Å². The zero-order valence-electron chi connectivity index (χ0n) is 18.5. The zero-order valence-corrected chi connectivity index (χ0v) is 18.5. The molecule has 1 fully saturated rings. The van der Waals surface area contributed by atoms with Crippen molar-refractivity contribution >= 4 is 11.7 Å². The molecule has 0 spiro atoms. The number of hydrogen-bond acceptors (Lipinski definition) is 4. The Kier molecular flexibility index (Phi) is 7.32. The van der Waals surface area contributed by atoms with Crippen LogP contribution in [-0.2, 0) is 6.42 Å². The predicted molar refractivity (Wildman–Crippen MR) is 118 cm³/mol. The average molecular weight is 412 g/mol. The summed E-state index contributed by atoms with van der Waals surface area (Å²) in [4.78, 5) is 30.7. The van der Waals surface area contributed by atoms with Crippen molar-refractivity contribution < 1.29 is 14.3 Å². The highest BCUT2D eigenvalue weighted by Gasteiger charge is 2.27. The summed E-state index contributed by atoms with van der Waals surface area (Å²) in [6.45, 7) is 7.86. The molecule has 1 aliphatic rings. The summed E-state index contributed by atoms with van der Waals surface area (Å²) in [5.74, 6) is 0.658. The van der Waals surface area contributed by atoms with Crippen molar-refractivity contribution in [3.05, 3.63) is 52.3 Å². The van der Waals surface area contributed by atoms with Crippen LogP contribution in [0.3, 0.4) is 0 Å². The molecular formula is C24H33N3O3. The van der Waals surface area contributed by atoms with E-state index in [1.54, 1.807) is 14.0 Å². The van der Waals surface area contributed by atoms with Gasteiger partial charge >= 0.3 is 0 Å². The van der Waals surface area contributed by atoms with Crippen LogP contribution in [0.15, 0.2) is 24.3 Å². The molecule has 30 heavy (non-hydrogen) atoms. The number of methoxy groups -OCH3 is 1. The fourth-order valence-corrected chi connectivity index (χ4v) is 4.59. The number of hydrogen-bond donors (Lipinski definition) is 2. The number of ether oxygens (including phenoxy) is 1. The summed E-state index contributed by atoms with van der Waals surface area (Å²) in [5.41, 5.74) is 3.77. The topological polar surface area (TPSA) is 74.4 Å². The van der Waals surface area contributed by atoms with E-state index in [2.05, 4.69) is 21.3 Å². The van der Waals surface area contributed by atoms with Crippen molar-refractivity contribution in [3.63, 3.8) is 0 Å². The van der Waals surface area contributed by atoms with Gasteiger partial charge in [0.2, 0.25) is 0 Å². The maximum atomic E-state index is 13.1. The highest BCUT2D eigenvalue weighted by molar-refractivity contribution is 6.02. The molecule has 1 unspecified atom stereocenters. The molecule has 2 N–H and O–H groups in total. The molecule has 1 amide bonds. The maximum absolute atomic E-state index is 13.1. The molecule has 2 aromatic rings. The summed E-state index contributed by atoms with van der Waals surface area (Å²) in [5, 5.41) is 3.12. The normalized spacial score (nSPS) is 15.6. The molecule has 1 aromatic heterocycles. The number of piperidine rings is 1. The Bertz CT molecular complexity index is 897. The van der Waals surface area contributed by atoms with Crippen molar-refractivity contribution in [1.29, 1.82) is 0 Å². The molecular weight excluding hydrogens is 378 g/mol. The van der Waals surface area contributed by atoms with Crippen LogP contribution in [-0.4, -0.2) is 48.3 Å². The first-order chi connectivity index (χ1) is 14.5. The zero-order chi connectivity index (χ0) is 21.7. The van der Waals surface area contributed by atoms with Crippen molar-refractivity contribution in [3.8, 4) is 5.75 Å². The van der Waals surface area contributed by atoms with Crippen molar-refractivity contribution in [2.45, 2.75) is 52.5 Å². The van der Waals surface area contributed by atoms with Gasteiger partial charge in [0.15, 0.2) is 5.78 Å². The van der Waals surface area contributed by atoms with E-state index in [0.717, 1.165) is 48.5 Å². The third-order valence-electron chi connectivity index (χ3n) is 6.01. The number of aromatic nitrogens is 1. The summed E-state index contributed by atoms with van der Waals surface area (Å²) >= 11 is 0. The van der Waals surface area contributed by atoms with Gasteiger partial charge in [-0.3, -0.25) is 14.5 Å². The Balaban J connectivity index is 1.85. The van der Waals surface area contributed by atoms with Crippen LogP contribution in [0.2, 0.25) is 0 Å². The van der Waals surface area contributed by atoms with E-state index in [1.807, 2.05) is 32.0 Å². The molecule has 1 saturated heterocycles. The number of carbonyl (C=O) groups excluding carboxylic acids is 2. The first kappa shape index (κ1) is 22.1. The number of H-pyrrole nitrogens is 1. The van der Waals surface area contributed by atoms with E-state index < -0.39 is 0 Å². The van der Waals surface area contributed by atoms with Gasteiger partial charge in [0.25, 0.3) is 5.91 Å². The molecule has 3 rings (SSSR count). The van der Waals surface area contributed by atoms with E-state index in [0.29, 0.717) is 24.2 Å². The number of nitrogens with one attached hydrogen (secondary N) is 2. The fourth-order valence-electron chi connectivity index (χ4n) is 4.59. The number of nitrogens with zero attached hydrogens (tertiary/aromatic N) is 1. The summed E-state index contributed by atoms with van der Waals surface area (Å²) < 4.78 is 5.61. The van der Waals surface area contributed by atoms with E-state index in [4.69, 9.17) is 4.74 Å². The third kappa shape index (κ3) is 4.59. The molecule has 0 radical (unpaired) electrons. The average Bonchev–Trinajstić information content (AvgIpc) is 3.11. The van der Waals surface area contributed by atoms with Gasteiger partial charge in [-0.1, -0.05) is 31.5 Å². The predicted octanol–water partition coefficient (Wildman–Crippen LogP) is 4.05. The lowest BCUT2D eigenvalue weighted by molar-refractivity contribution is 0.0917. The second-order valence-electron chi connectivity index (χ2n) is 7.95. The number of likely N-dealkylation sites (tertiary alicyclic amines) is 1. The lowest BCUT2D eigenvalue weighted by Gasteiger charge is -2.35. The van der Waals surface area contributed by atoms with Gasteiger partial charge in [-0.15, -0.1) is 0 Å². The Labute approximate surface area is 179 Å². The molecule has 0 saturated carbocycles. The van der Waals surface area contributed by atoms with Crippen LogP contribution in [0.25, 0.3) is 0 Å². The van der Waals surface area contributed by atoms with Crippen LogP contribution in [0, 0.1) is 6.92 Å². The highest BCUT2D eigenvalue weighted by Crippen LogP contribution is 2.31. The lowest BCUT2D eigenvalue weighted by Crippen LogP contribution is -2.41. The molecule has 1 aliphatic heterocycles. The molecule has 6 heteroatoms. The van der Waals surface area contributed by atoms with Crippen LogP contribution < -0.4 is 10.1 Å². The SMILES string of the molecule is CCc1c(C(=O)NCC(c2ccccc2OC)N2CCCCC2)[nH]c(C)c1C(C)=O. The minimum absolute atomic E-state index is 0.0140. The van der Waals surface area contributed by atoms with Crippen molar-refractivity contribution in [2.75, 3.05) is 26.7 Å². The molecule has 6 nitrogen and oxygen atoms in total. The second-order valence-corrected chi connectivity index (χ2v) is 7.95. The van der Waals surface area contributed by atoms with Crippen molar-refractivity contribution in [1.82, 2.24) is 15.2 Å². The molecule has 0 bridgehead atoms. The minimum atomic E-state index is -0.167. The monoisotopic (exact) mass is 411 g/mol. The summed E-state index contributed by atoms with van der Waals surface area (Å²) in [6.07, 6.45) is 4.20. The number of ketones is 1. The number of amides is 1. The summed E-state index contributed by atoms with van der Waals surface area (Å²) in [7, 11) is 1.68. The first-order valence-corrected chi connectivity index (χ1v) is 10.8. The number of benzene rings is 1. The van der Waals surface area contributed by atoms with Crippen LogP contribution >= 0.6 is 0 Å². The first-order valence-electron chi connectivity index (χ1n) is 10.8. The number of aryl methyl sites for hydroxylation is 1. The second kappa shape index (κ2) is 9.94. The quantitative estimate of drug-likeness (QED) is 0.643. The number of rotatable bonds is 8. The smallest absolute Gasteiger partial charge is 0.268 e. The van der Waals surface area contributed by atoms with Crippen molar-refractivity contribution in [2.24, 2.45) is 0 Å². The number of para-hydroxylation sites is 1. The number of carbonyl (C=O) groups is 2. The van der Waals surface area contributed by atoms with E-state index in [9.17, 15) is 9.59 Å². The highest BCUT2D eigenvalue weighted by atomic mass is 16.5. The van der Waals surface area contributed by atoms with Crippen LogP contribution in [0.5, 0.6) is 5.75 Å². The van der Waals surface area contributed by atoms with Gasteiger partial charge in [0.1, 0.15) is 11.4 Å². The standard InChI is InChI=1S/C24H33N3O3/c1-5-18-22(17(3)28)16(2)26-23(18)24(29)25-15-20(27-13-9-6-10-14-27)19-11-7-8-12-21(19)30-4/h7-8,11-12,20,26H,5-6,9-10,13-15H2,1-4H3,(H,25,29). The van der Waals surface area contributed by atoms with E-state index in [1.165, 1.54) is 6.42 Å². The molecule has 1 aromatic carbocycles. The lowest BCUT2D eigenvalue weighted by atomic mass is 10.00. The number of aromatic amines is 1.